The summed E-state index contributed by atoms with van der Waals surface area (Å²) in [6, 6.07) is 6.83. The molecule has 76 valence electrons. The highest BCUT2D eigenvalue weighted by Crippen LogP contribution is 2.19. The normalized spacial score (nSPS) is 26.4. The van der Waals surface area contributed by atoms with E-state index < -0.39 is 0 Å². The Hall–Kier alpha value is -1.09. The molecular weight excluding hydrogens is 181 g/mol. The lowest BCUT2D eigenvalue weighted by Gasteiger charge is -2.17. The lowest BCUT2D eigenvalue weighted by atomic mass is 10.1. The molecule has 0 bridgehead atoms. The maximum Gasteiger partial charge on any atom is 0.125 e. The third-order valence-electron chi connectivity index (χ3n) is 2.55. The van der Waals surface area contributed by atoms with Gasteiger partial charge in [-0.15, -0.1) is 0 Å². The SMILES string of the molecule is CC1OCCC1Nc1cccc(F)c1. The zero-order chi connectivity index (χ0) is 9.97. The zero-order valence-corrected chi connectivity index (χ0v) is 8.16. The second kappa shape index (κ2) is 3.96. The molecule has 0 saturated carbocycles. The maximum absolute atomic E-state index is 12.9. The second-order valence-corrected chi connectivity index (χ2v) is 3.63. The van der Waals surface area contributed by atoms with Gasteiger partial charge in [-0.3, -0.25) is 0 Å². The number of hydrogen-bond acceptors (Lipinski definition) is 2. The summed E-state index contributed by atoms with van der Waals surface area (Å²) in [5.41, 5.74) is 0.826. The van der Waals surface area contributed by atoms with Crippen molar-refractivity contribution in [3.05, 3.63) is 30.1 Å². The molecule has 1 aromatic carbocycles. The number of nitrogens with one attached hydrogen (secondary N) is 1. The molecule has 0 spiro atoms. The van der Waals surface area contributed by atoms with Gasteiger partial charge >= 0.3 is 0 Å². The molecule has 0 radical (unpaired) electrons. The van der Waals surface area contributed by atoms with E-state index in [-0.39, 0.29) is 11.9 Å². The van der Waals surface area contributed by atoms with Crippen molar-refractivity contribution < 1.29 is 9.13 Å². The summed E-state index contributed by atoms with van der Waals surface area (Å²) in [5.74, 6) is -0.207. The summed E-state index contributed by atoms with van der Waals surface area (Å²) in [5, 5.41) is 3.27. The lowest BCUT2D eigenvalue weighted by molar-refractivity contribution is 0.121. The third kappa shape index (κ3) is 2.04. The largest absolute Gasteiger partial charge is 0.380 e. The molecule has 14 heavy (non-hydrogen) atoms. The van der Waals surface area contributed by atoms with Crippen LogP contribution in [0, 0.1) is 5.82 Å². The van der Waals surface area contributed by atoms with Crippen LogP contribution in [0.3, 0.4) is 0 Å². The summed E-state index contributed by atoms with van der Waals surface area (Å²) in [7, 11) is 0. The van der Waals surface area contributed by atoms with Crippen LogP contribution in [-0.4, -0.2) is 18.8 Å². The van der Waals surface area contributed by atoms with Gasteiger partial charge in [-0.25, -0.2) is 4.39 Å². The topological polar surface area (TPSA) is 21.3 Å². The van der Waals surface area contributed by atoms with E-state index in [1.807, 2.05) is 13.0 Å². The fourth-order valence-electron chi connectivity index (χ4n) is 1.71. The Bertz CT molecular complexity index is 316. The predicted molar refractivity (Wildman–Crippen MR) is 53.8 cm³/mol. The number of halogens is 1. The highest BCUT2D eigenvalue weighted by Gasteiger charge is 2.23. The van der Waals surface area contributed by atoms with Gasteiger partial charge in [0.15, 0.2) is 0 Å². The van der Waals surface area contributed by atoms with Crippen molar-refractivity contribution in [3.8, 4) is 0 Å². The molecule has 1 saturated heterocycles. The Balaban J connectivity index is 2.03. The van der Waals surface area contributed by atoms with Gasteiger partial charge in [0.2, 0.25) is 0 Å². The molecule has 1 fully saturated rings. The van der Waals surface area contributed by atoms with Gasteiger partial charge in [-0.05, 0) is 31.5 Å². The maximum atomic E-state index is 12.9. The van der Waals surface area contributed by atoms with Crippen molar-refractivity contribution in [2.45, 2.75) is 25.5 Å². The Kier molecular flexibility index (Phi) is 2.68. The first-order chi connectivity index (χ1) is 6.75. The number of benzene rings is 1. The molecule has 3 heteroatoms. The van der Waals surface area contributed by atoms with Crippen molar-refractivity contribution in [3.63, 3.8) is 0 Å². The highest BCUT2D eigenvalue weighted by atomic mass is 19.1. The van der Waals surface area contributed by atoms with Crippen molar-refractivity contribution in [1.82, 2.24) is 0 Å². The average Bonchev–Trinajstić information content (AvgIpc) is 2.52. The number of ether oxygens (including phenoxy) is 1. The molecule has 1 N–H and O–H groups in total. The van der Waals surface area contributed by atoms with Crippen LogP contribution in [0.4, 0.5) is 10.1 Å². The number of hydrogen-bond donors (Lipinski definition) is 1. The smallest absolute Gasteiger partial charge is 0.125 e. The summed E-state index contributed by atoms with van der Waals surface area (Å²) in [6.07, 6.45) is 1.19. The Labute approximate surface area is 83.1 Å². The monoisotopic (exact) mass is 195 g/mol. The van der Waals surface area contributed by atoms with Crippen molar-refractivity contribution in [2.24, 2.45) is 0 Å². The molecule has 2 unspecified atom stereocenters. The summed E-state index contributed by atoms with van der Waals surface area (Å²) >= 11 is 0. The van der Waals surface area contributed by atoms with Crippen LogP contribution in [0.15, 0.2) is 24.3 Å². The fraction of sp³-hybridized carbons (Fsp3) is 0.455. The first kappa shape index (κ1) is 9.46. The number of rotatable bonds is 2. The van der Waals surface area contributed by atoms with E-state index in [9.17, 15) is 4.39 Å². The molecule has 1 heterocycles. The van der Waals surface area contributed by atoms with Gasteiger partial charge in [0.1, 0.15) is 5.82 Å². The third-order valence-corrected chi connectivity index (χ3v) is 2.55. The minimum atomic E-state index is -0.207. The van der Waals surface area contributed by atoms with Crippen LogP contribution in [0.5, 0.6) is 0 Å². The average molecular weight is 195 g/mol. The van der Waals surface area contributed by atoms with Crippen molar-refractivity contribution in [2.75, 3.05) is 11.9 Å². The molecule has 1 aliphatic rings. The van der Waals surface area contributed by atoms with Crippen LogP contribution >= 0.6 is 0 Å². The Morgan fingerprint density at radius 3 is 3.00 bits per heavy atom. The van der Waals surface area contributed by atoms with Gasteiger partial charge in [-0.1, -0.05) is 6.07 Å². The van der Waals surface area contributed by atoms with Crippen molar-refractivity contribution >= 4 is 5.69 Å². The van der Waals surface area contributed by atoms with Crippen LogP contribution in [-0.2, 0) is 4.74 Å². The minimum absolute atomic E-state index is 0.207. The van der Waals surface area contributed by atoms with Gasteiger partial charge < -0.3 is 10.1 Å². The summed E-state index contributed by atoms with van der Waals surface area (Å²) in [6.45, 7) is 2.82. The molecule has 1 aromatic rings. The predicted octanol–water partition coefficient (Wildman–Crippen LogP) is 2.42. The van der Waals surface area contributed by atoms with Gasteiger partial charge in [0, 0.05) is 12.3 Å². The van der Waals surface area contributed by atoms with Crippen LogP contribution in [0.25, 0.3) is 0 Å². The van der Waals surface area contributed by atoms with E-state index in [1.54, 1.807) is 6.07 Å². The van der Waals surface area contributed by atoms with Gasteiger partial charge in [0.25, 0.3) is 0 Å². The molecule has 2 rings (SSSR count). The molecular formula is C11H14FNO. The minimum Gasteiger partial charge on any atom is -0.380 e. The molecule has 0 aliphatic carbocycles. The summed E-state index contributed by atoms with van der Waals surface area (Å²) in [4.78, 5) is 0. The quantitative estimate of drug-likeness (QED) is 0.782. The van der Waals surface area contributed by atoms with E-state index in [0.717, 1.165) is 18.7 Å². The van der Waals surface area contributed by atoms with E-state index in [2.05, 4.69) is 5.32 Å². The molecule has 0 aromatic heterocycles. The zero-order valence-electron chi connectivity index (χ0n) is 8.16. The van der Waals surface area contributed by atoms with Crippen LogP contribution < -0.4 is 5.32 Å². The fourth-order valence-corrected chi connectivity index (χ4v) is 1.71. The second-order valence-electron chi connectivity index (χ2n) is 3.63. The van der Waals surface area contributed by atoms with E-state index in [4.69, 9.17) is 4.74 Å². The van der Waals surface area contributed by atoms with Gasteiger partial charge in [-0.2, -0.15) is 0 Å². The Morgan fingerprint density at radius 1 is 1.50 bits per heavy atom. The molecule has 0 amide bonds. The van der Waals surface area contributed by atoms with Gasteiger partial charge in [0.05, 0.1) is 12.1 Å². The first-order valence-corrected chi connectivity index (χ1v) is 4.89. The molecule has 1 aliphatic heterocycles. The molecule has 2 nitrogen and oxygen atoms in total. The van der Waals surface area contributed by atoms with Crippen LogP contribution in [0.2, 0.25) is 0 Å². The van der Waals surface area contributed by atoms with Crippen molar-refractivity contribution in [1.29, 1.82) is 0 Å². The molecule has 2 atom stereocenters. The standard InChI is InChI=1S/C11H14FNO/c1-8-11(5-6-14-8)13-10-4-2-3-9(12)7-10/h2-4,7-8,11,13H,5-6H2,1H3. The van der Waals surface area contributed by atoms with Crippen LogP contribution in [0.1, 0.15) is 13.3 Å². The summed E-state index contributed by atoms with van der Waals surface area (Å²) < 4.78 is 18.3. The van der Waals surface area contributed by atoms with E-state index >= 15 is 0 Å². The first-order valence-electron chi connectivity index (χ1n) is 4.89. The Morgan fingerprint density at radius 2 is 2.36 bits per heavy atom. The number of anilines is 1. The lowest BCUT2D eigenvalue weighted by Crippen LogP contribution is -2.26. The van der Waals surface area contributed by atoms with E-state index in [0.29, 0.717) is 6.04 Å². The highest BCUT2D eigenvalue weighted by molar-refractivity contribution is 5.44. The van der Waals surface area contributed by atoms with E-state index in [1.165, 1.54) is 12.1 Å².